The summed E-state index contributed by atoms with van der Waals surface area (Å²) < 4.78 is 12.1. The van der Waals surface area contributed by atoms with Gasteiger partial charge in [-0.25, -0.2) is 15.0 Å². The van der Waals surface area contributed by atoms with E-state index in [4.69, 9.17) is 21.1 Å². The molecule has 0 saturated carbocycles. The molecule has 0 aliphatic carbocycles. The fourth-order valence-corrected chi connectivity index (χ4v) is 4.16. The van der Waals surface area contributed by atoms with Crippen LogP contribution < -0.4 is 5.32 Å². The van der Waals surface area contributed by atoms with E-state index in [-0.39, 0.29) is 11.8 Å². The summed E-state index contributed by atoms with van der Waals surface area (Å²) in [5.41, 5.74) is 1.65. The highest BCUT2D eigenvalue weighted by molar-refractivity contribution is 6.33. The Bertz CT molecular complexity index is 1070. The molecule has 9 nitrogen and oxygen atoms in total. The molecular weight excluding hydrogens is 410 g/mol. The summed E-state index contributed by atoms with van der Waals surface area (Å²) in [4.78, 5) is 38.3. The number of hydrogen-bond donors (Lipinski definition) is 1. The Hall–Kier alpha value is -3.04. The standard InChI is InChI=1S/C20H20ClN5O4/c1-3-30-19(27)12-13(11-7-5-4-6-8-11)25-14(20(28)29-2)16(12)26-10-24-15-17(21)22-9-23-18(15)26/h4-10,12-14,16,25H,3H2,1-2H3/t12-,13-,14-,16+/m1/s1. The van der Waals surface area contributed by atoms with Gasteiger partial charge in [-0.1, -0.05) is 41.9 Å². The van der Waals surface area contributed by atoms with E-state index in [9.17, 15) is 9.59 Å². The largest absolute Gasteiger partial charge is 0.468 e. The molecule has 1 aliphatic rings. The smallest absolute Gasteiger partial charge is 0.325 e. The van der Waals surface area contributed by atoms with Crippen LogP contribution in [0.1, 0.15) is 24.6 Å². The second-order valence-electron chi connectivity index (χ2n) is 6.81. The van der Waals surface area contributed by atoms with Crippen LogP contribution >= 0.6 is 11.6 Å². The predicted molar refractivity (Wildman–Crippen MR) is 108 cm³/mol. The number of nitrogens with zero attached hydrogens (tertiary/aromatic N) is 4. The lowest BCUT2D eigenvalue weighted by atomic mass is 9.89. The number of benzene rings is 1. The van der Waals surface area contributed by atoms with Gasteiger partial charge >= 0.3 is 11.9 Å². The minimum atomic E-state index is -0.833. The number of nitrogens with one attached hydrogen (secondary N) is 1. The average Bonchev–Trinajstić information content (AvgIpc) is 3.36. The van der Waals surface area contributed by atoms with Crippen molar-refractivity contribution >= 4 is 34.7 Å². The SMILES string of the molecule is CCOC(=O)[C@H]1[C@H](n2cnc3c(Cl)ncnc32)[C@H](C(=O)OC)N[C@@H]1c1ccccc1. The quantitative estimate of drug-likeness (QED) is 0.485. The Labute approximate surface area is 177 Å². The summed E-state index contributed by atoms with van der Waals surface area (Å²) in [5.74, 6) is -1.67. The maximum Gasteiger partial charge on any atom is 0.325 e. The molecule has 0 bridgehead atoms. The first-order chi connectivity index (χ1) is 14.6. The summed E-state index contributed by atoms with van der Waals surface area (Å²) in [7, 11) is 1.31. The van der Waals surface area contributed by atoms with E-state index >= 15 is 0 Å². The number of hydrogen-bond acceptors (Lipinski definition) is 8. The van der Waals surface area contributed by atoms with Gasteiger partial charge in [-0.2, -0.15) is 0 Å². The molecule has 4 rings (SSSR count). The fourth-order valence-electron chi connectivity index (χ4n) is 3.99. The number of methoxy groups -OCH3 is 1. The summed E-state index contributed by atoms with van der Waals surface area (Å²) in [6.45, 7) is 1.95. The number of carbonyl (C=O) groups excluding carboxylic acids is 2. The molecule has 2 aromatic heterocycles. The van der Waals surface area contributed by atoms with Crippen LogP contribution in [0, 0.1) is 5.92 Å². The van der Waals surface area contributed by atoms with Gasteiger partial charge in [0.15, 0.2) is 10.8 Å². The monoisotopic (exact) mass is 429 g/mol. The Balaban J connectivity index is 1.89. The van der Waals surface area contributed by atoms with Crippen molar-refractivity contribution in [2.45, 2.75) is 25.0 Å². The number of aromatic nitrogens is 4. The van der Waals surface area contributed by atoms with Crippen molar-refractivity contribution in [3.63, 3.8) is 0 Å². The molecule has 156 valence electrons. The molecule has 1 fully saturated rings. The highest BCUT2D eigenvalue weighted by Gasteiger charge is 2.53. The molecule has 3 heterocycles. The van der Waals surface area contributed by atoms with E-state index in [0.29, 0.717) is 11.2 Å². The van der Waals surface area contributed by atoms with Crippen LogP contribution in [-0.4, -0.2) is 51.2 Å². The first-order valence-corrected chi connectivity index (χ1v) is 9.83. The van der Waals surface area contributed by atoms with E-state index < -0.39 is 36.0 Å². The zero-order valence-electron chi connectivity index (χ0n) is 16.4. The third-order valence-electron chi connectivity index (χ3n) is 5.24. The van der Waals surface area contributed by atoms with Crippen LogP contribution in [0.25, 0.3) is 11.2 Å². The van der Waals surface area contributed by atoms with Crippen molar-refractivity contribution in [3.05, 3.63) is 53.7 Å². The molecule has 0 amide bonds. The molecule has 4 atom stereocenters. The van der Waals surface area contributed by atoms with Gasteiger partial charge in [0.1, 0.15) is 17.9 Å². The third kappa shape index (κ3) is 3.40. The van der Waals surface area contributed by atoms with Crippen molar-refractivity contribution in [2.75, 3.05) is 13.7 Å². The van der Waals surface area contributed by atoms with Crippen molar-refractivity contribution in [1.82, 2.24) is 24.8 Å². The number of esters is 2. The van der Waals surface area contributed by atoms with Crippen molar-refractivity contribution in [2.24, 2.45) is 5.92 Å². The fraction of sp³-hybridized carbons (Fsp3) is 0.350. The lowest BCUT2D eigenvalue weighted by Gasteiger charge is -2.24. The number of carbonyl (C=O) groups is 2. The number of rotatable bonds is 5. The lowest BCUT2D eigenvalue weighted by Crippen LogP contribution is -2.39. The molecule has 1 aliphatic heterocycles. The molecule has 10 heteroatoms. The van der Waals surface area contributed by atoms with Gasteiger partial charge < -0.3 is 14.0 Å². The molecule has 1 aromatic carbocycles. The van der Waals surface area contributed by atoms with Gasteiger partial charge in [0.05, 0.1) is 32.0 Å². The second kappa shape index (κ2) is 8.37. The van der Waals surface area contributed by atoms with E-state index in [2.05, 4.69) is 20.3 Å². The van der Waals surface area contributed by atoms with Gasteiger partial charge in [-0.3, -0.25) is 14.9 Å². The number of ether oxygens (including phenoxy) is 2. The Morgan fingerprint density at radius 3 is 2.63 bits per heavy atom. The molecule has 0 unspecified atom stereocenters. The summed E-state index contributed by atoms with van der Waals surface area (Å²) >= 11 is 6.15. The number of fused-ring (bicyclic) bond motifs is 1. The van der Waals surface area contributed by atoms with Crippen molar-refractivity contribution < 1.29 is 19.1 Å². The Kier molecular flexibility index (Phi) is 5.65. The van der Waals surface area contributed by atoms with Gasteiger partial charge in [0, 0.05) is 6.04 Å². The highest BCUT2D eigenvalue weighted by Crippen LogP contribution is 2.42. The molecule has 1 saturated heterocycles. The molecule has 30 heavy (non-hydrogen) atoms. The topological polar surface area (TPSA) is 108 Å². The van der Waals surface area contributed by atoms with Gasteiger partial charge in [-0.05, 0) is 12.5 Å². The van der Waals surface area contributed by atoms with E-state index in [1.54, 1.807) is 11.5 Å². The summed E-state index contributed by atoms with van der Waals surface area (Å²) in [6.07, 6.45) is 2.82. The first kappa shape index (κ1) is 20.2. The molecule has 3 aromatic rings. The molecule has 0 radical (unpaired) electrons. The maximum absolute atomic E-state index is 13.1. The van der Waals surface area contributed by atoms with Crippen LogP contribution in [0.5, 0.6) is 0 Å². The van der Waals surface area contributed by atoms with Crippen LogP contribution in [0.2, 0.25) is 5.15 Å². The summed E-state index contributed by atoms with van der Waals surface area (Å²) in [5, 5.41) is 3.45. The van der Waals surface area contributed by atoms with Gasteiger partial charge in [0.25, 0.3) is 0 Å². The van der Waals surface area contributed by atoms with Crippen LogP contribution in [0.4, 0.5) is 0 Å². The first-order valence-electron chi connectivity index (χ1n) is 9.45. The van der Waals surface area contributed by atoms with Crippen LogP contribution in [0.3, 0.4) is 0 Å². The lowest BCUT2D eigenvalue weighted by molar-refractivity contribution is -0.150. The van der Waals surface area contributed by atoms with E-state index in [0.717, 1.165) is 5.56 Å². The Morgan fingerprint density at radius 1 is 1.17 bits per heavy atom. The van der Waals surface area contributed by atoms with Crippen LogP contribution in [-0.2, 0) is 19.1 Å². The third-order valence-corrected chi connectivity index (χ3v) is 5.51. The predicted octanol–water partition coefficient (Wildman–Crippen LogP) is 2.09. The summed E-state index contributed by atoms with van der Waals surface area (Å²) in [6, 6.07) is 7.42. The zero-order valence-corrected chi connectivity index (χ0v) is 17.1. The van der Waals surface area contributed by atoms with Crippen LogP contribution in [0.15, 0.2) is 43.0 Å². The van der Waals surface area contributed by atoms with E-state index in [1.165, 1.54) is 19.8 Å². The Morgan fingerprint density at radius 2 is 1.93 bits per heavy atom. The zero-order chi connectivity index (χ0) is 21.3. The number of imidazole rings is 1. The average molecular weight is 430 g/mol. The second-order valence-corrected chi connectivity index (χ2v) is 7.17. The normalized spacial score (nSPS) is 23.4. The highest BCUT2D eigenvalue weighted by atomic mass is 35.5. The minimum absolute atomic E-state index is 0.187. The molecule has 0 spiro atoms. The van der Waals surface area contributed by atoms with E-state index in [1.807, 2.05) is 30.3 Å². The maximum atomic E-state index is 13.1. The van der Waals surface area contributed by atoms with Gasteiger partial charge in [0.2, 0.25) is 0 Å². The number of halogens is 1. The molecular formula is C20H20ClN5O4. The minimum Gasteiger partial charge on any atom is -0.468 e. The molecule has 1 N–H and O–H groups in total. The van der Waals surface area contributed by atoms with Gasteiger partial charge in [-0.15, -0.1) is 0 Å². The van der Waals surface area contributed by atoms with Crippen molar-refractivity contribution in [3.8, 4) is 0 Å². The van der Waals surface area contributed by atoms with Crippen molar-refractivity contribution in [1.29, 1.82) is 0 Å².